The number of aryl methyl sites for hydroxylation is 1. The minimum Gasteiger partial charge on any atom is -0.280 e. The quantitative estimate of drug-likeness (QED) is 0.864. The fourth-order valence-corrected chi connectivity index (χ4v) is 3.75. The first-order valence-corrected chi connectivity index (χ1v) is 8.91. The van der Waals surface area contributed by atoms with Crippen LogP contribution in [-0.4, -0.2) is 20.2 Å². The molecule has 1 aliphatic heterocycles. The lowest BCUT2D eigenvalue weighted by molar-refractivity contribution is -0.121. The number of amides is 2. The lowest BCUT2D eigenvalue weighted by atomic mass is 10.2. The van der Waals surface area contributed by atoms with Gasteiger partial charge in [0.25, 0.3) is 10.0 Å². The number of nitrogens with one attached hydrogen (secondary N) is 1. The van der Waals surface area contributed by atoms with Gasteiger partial charge in [-0.25, -0.2) is 8.42 Å². The zero-order valence-electron chi connectivity index (χ0n) is 13.0. The van der Waals surface area contributed by atoms with Crippen molar-refractivity contribution in [3.63, 3.8) is 0 Å². The van der Waals surface area contributed by atoms with Gasteiger partial charge in [-0.2, -0.15) is 0 Å². The monoisotopic (exact) mass is 344 g/mol. The van der Waals surface area contributed by atoms with Crippen molar-refractivity contribution in [1.29, 1.82) is 0 Å². The van der Waals surface area contributed by atoms with E-state index in [4.69, 9.17) is 0 Å². The zero-order chi connectivity index (χ0) is 17.3. The van der Waals surface area contributed by atoms with Crippen LogP contribution in [0.15, 0.2) is 53.4 Å². The van der Waals surface area contributed by atoms with E-state index in [1.165, 1.54) is 18.2 Å². The summed E-state index contributed by atoms with van der Waals surface area (Å²) in [5, 5.41) is 0. The number of hydrogen-bond acceptors (Lipinski definition) is 4. The number of benzene rings is 2. The third-order valence-electron chi connectivity index (χ3n) is 3.80. The molecule has 124 valence electrons. The summed E-state index contributed by atoms with van der Waals surface area (Å²) in [6, 6.07) is 12.9. The van der Waals surface area contributed by atoms with Crippen LogP contribution in [0.5, 0.6) is 0 Å². The second-order valence-corrected chi connectivity index (χ2v) is 7.23. The van der Waals surface area contributed by atoms with E-state index in [2.05, 4.69) is 4.72 Å². The molecule has 0 unspecified atom stereocenters. The van der Waals surface area contributed by atoms with Gasteiger partial charge in [-0.05, 0) is 42.8 Å². The maximum Gasteiger partial charge on any atom is 0.261 e. The van der Waals surface area contributed by atoms with Gasteiger partial charge in [0, 0.05) is 18.5 Å². The van der Waals surface area contributed by atoms with E-state index in [9.17, 15) is 18.0 Å². The molecule has 1 aliphatic rings. The summed E-state index contributed by atoms with van der Waals surface area (Å²) < 4.78 is 27.4. The summed E-state index contributed by atoms with van der Waals surface area (Å²) in [5.41, 5.74) is 1.44. The van der Waals surface area contributed by atoms with Crippen molar-refractivity contribution in [3.8, 4) is 0 Å². The molecule has 0 bridgehead atoms. The van der Waals surface area contributed by atoms with Crippen molar-refractivity contribution in [2.45, 2.75) is 24.7 Å². The maximum absolute atomic E-state index is 12.5. The predicted octanol–water partition coefficient (Wildman–Crippen LogP) is 2.45. The molecule has 0 radical (unpaired) electrons. The van der Waals surface area contributed by atoms with Crippen LogP contribution in [0.25, 0.3) is 0 Å². The van der Waals surface area contributed by atoms with Crippen molar-refractivity contribution < 1.29 is 18.0 Å². The summed E-state index contributed by atoms with van der Waals surface area (Å²) >= 11 is 0. The Hall–Kier alpha value is -2.67. The van der Waals surface area contributed by atoms with E-state index in [0.29, 0.717) is 16.9 Å². The van der Waals surface area contributed by atoms with Crippen LogP contribution in [0.4, 0.5) is 11.4 Å². The second kappa shape index (κ2) is 6.09. The molecule has 1 N–H and O–H groups in total. The first kappa shape index (κ1) is 16.2. The van der Waals surface area contributed by atoms with Gasteiger partial charge < -0.3 is 0 Å². The van der Waals surface area contributed by atoms with Crippen LogP contribution in [0.1, 0.15) is 18.4 Å². The van der Waals surface area contributed by atoms with Crippen LogP contribution in [0.2, 0.25) is 0 Å². The Morgan fingerprint density at radius 2 is 1.58 bits per heavy atom. The normalized spacial score (nSPS) is 15.0. The summed E-state index contributed by atoms with van der Waals surface area (Å²) in [6.07, 6.45) is 0.377. The van der Waals surface area contributed by atoms with E-state index < -0.39 is 10.0 Å². The van der Waals surface area contributed by atoms with Crippen LogP contribution in [0.3, 0.4) is 0 Å². The van der Waals surface area contributed by atoms with Gasteiger partial charge in [0.1, 0.15) is 0 Å². The number of sulfonamides is 1. The highest BCUT2D eigenvalue weighted by Gasteiger charge is 2.31. The highest BCUT2D eigenvalue weighted by molar-refractivity contribution is 7.92. The number of para-hydroxylation sites is 1. The number of imide groups is 1. The number of rotatable bonds is 4. The first-order valence-electron chi connectivity index (χ1n) is 7.43. The number of carbonyl (C=O) groups is 2. The first-order chi connectivity index (χ1) is 11.4. The molecular weight excluding hydrogens is 328 g/mol. The fourth-order valence-electron chi connectivity index (χ4n) is 2.61. The Kier molecular flexibility index (Phi) is 4.11. The van der Waals surface area contributed by atoms with Crippen LogP contribution >= 0.6 is 0 Å². The van der Waals surface area contributed by atoms with Crippen molar-refractivity contribution in [2.24, 2.45) is 0 Å². The summed E-state index contributed by atoms with van der Waals surface area (Å²) in [4.78, 5) is 24.9. The molecule has 1 saturated heterocycles. The molecule has 0 aromatic heterocycles. The zero-order valence-corrected chi connectivity index (χ0v) is 13.8. The van der Waals surface area contributed by atoms with Crippen LogP contribution < -0.4 is 9.62 Å². The third-order valence-corrected chi connectivity index (χ3v) is 5.18. The third kappa shape index (κ3) is 3.03. The lowest BCUT2D eigenvalue weighted by Crippen LogP contribution is -2.29. The minimum absolute atomic E-state index is 0.0756. The average molecular weight is 344 g/mol. The van der Waals surface area contributed by atoms with E-state index >= 15 is 0 Å². The SMILES string of the molecule is Cc1cc(S(=O)(=O)Nc2ccccc2)ccc1N1C(=O)CCC1=O. The van der Waals surface area contributed by atoms with Crippen molar-refractivity contribution in [2.75, 3.05) is 9.62 Å². The molecular formula is C17H16N2O4S. The van der Waals surface area contributed by atoms with Gasteiger partial charge >= 0.3 is 0 Å². The Morgan fingerprint density at radius 1 is 0.958 bits per heavy atom. The number of anilines is 2. The van der Waals surface area contributed by atoms with Crippen LogP contribution in [-0.2, 0) is 19.6 Å². The molecule has 0 spiro atoms. The highest BCUT2D eigenvalue weighted by Crippen LogP contribution is 2.28. The molecule has 3 rings (SSSR count). The molecule has 1 fully saturated rings. The summed E-state index contributed by atoms with van der Waals surface area (Å²) in [7, 11) is -3.74. The molecule has 0 atom stereocenters. The van der Waals surface area contributed by atoms with Gasteiger partial charge in [0.2, 0.25) is 11.8 Å². The summed E-state index contributed by atoms with van der Waals surface area (Å²) in [6.45, 7) is 1.68. The van der Waals surface area contributed by atoms with Gasteiger partial charge in [-0.3, -0.25) is 19.2 Å². The molecule has 2 aromatic carbocycles. The average Bonchev–Trinajstić information content (AvgIpc) is 2.87. The molecule has 1 heterocycles. The van der Waals surface area contributed by atoms with Crippen molar-refractivity contribution in [1.82, 2.24) is 0 Å². The molecule has 24 heavy (non-hydrogen) atoms. The lowest BCUT2D eigenvalue weighted by Gasteiger charge is -2.17. The van der Waals surface area contributed by atoms with E-state index in [1.54, 1.807) is 37.3 Å². The van der Waals surface area contributed by atoms with E-state index in [0.717, 1.165) is 4.90 Å². The highest BCUT2D eigenvalue weighted by atomic mass is 32.2. The molecule has 2 aromatic rings. The molecule has 7 heteroatoms. The molecule has 0 aliphatic carbocycles. The standard InChI is InChI=1S/C17H16N2O4S/c1-12-11-14(24(22,23)18-13-5-3-2-4-6-13)7-8-15(12)19-16(20)9-10-17(19)21/h2-8,11,18H,9-10H2,1H3. The Balaban J connectivity index is 1.92. The van der Waals surface area contributed by atoms with Crippen molar-refractivity contribution >= 4 is 33.2 Å². The molecule has 6 nitrogen and oxygen atoms in total. The number of hydrogen-bond donors (Lipinski definition) is 1. The number of carbonyl (C=O) groups excluding carboxylic acids is 2. The Morgan fingerprint density at radius 3 is 2.17 bits per heavy atom. The maximum atomic E-state index is 12.5. The summed E-state index contributed by atoms with van der Waals surface area (Å²) in [5.74, 6) is -0.526. The second-order valence-electron chi connectivity index (χ2n) is 5.54. The molecule has 0 saturated carbocycles. The van der Waals surface area contributed by atoms with Crippen LogP contribution in [0, 0.1) is 6.92 Å². The predicted molar refractivity (Wildman–Crippen MR) is 90.2 cm³/mol. The van der Waals surface area contributed by atoms with Gasteiger partial charge in [-0.15, -0.1) is 0 Å². The van der Waals surface area contributed by atoms with Gasteiger partial charge in [0.15, 0.2) is 0 Å². The minimum atomic E-state index is -3.74. The Labute approximate surface area is 140 Å². The van der Waals surface area contributed by atoms with E-state index in [1.807, 2.05) is 0 Å². The van der Waals surface area contributed by atoms with Gasteiger partial charge in [0.05, 0.1) is 10.6 Å². The van der Waals surface area contributed by atoms with E-state index in [-0.39, 0.29) is 29.6 Å². The molecule has 2 amide bonds. The topological polar surface area (TPSA) is 83.6 Å². The fraction of sp³-hybridized carbons (Fsp3) is 0.176. The Bertz CT molecular complexity index is 891. The smallest absolute Gasteiger partial charge is 0.261 e. The number of nitrogens with zero attached hydrogens (tertiary/aromatic N) is 1. The largest absolute Gasteiger partial charge is 0.280 e. The van der Waals surface area contributed by atoms with Gasteiger partial charge in [-0.1, -0.05) is 18.2 Å². The van der Waals surface area contributed by atoms with Crippen molar-refractivity contribution in [3.05, 3.63) is 54.1 Å².